The predicted molar refractivity (Wildman–Crippen MR) is 207 cm³/mol. The lowest BCUT2D eigenvalue weighted by atomic mass is 10.1. The molecule has 0 N–H and O–H groups in total. The number of nitriles is 2. The minimum Gasteiger partial charge on any atom is -0.463 e. The normalized spacial score (nSPS) is 11.7. The minimum atomic E-state index is -0.412. The summed E-state index contributed by atoms with van der Waals surface area (Å²) >= 11 is 1.16. The van der Waals surface area contributed by atoms with Gasteiger partial charge in [-0.15, -0.1) is 21.6 Å². The van der Waals surface area contributed by atoms with E-state index in [4.69, 9.17) is 33.2 Å². The van der Waals surface area contributed by atoms with E-state index in [0.29, 0.717) is 106 Å². The number of azo groups is 1. The number of aryl methyl sites for hydroxylation is 1. The lowest BCUT2D eigenvalue weighted by molar-refractivity contribution is -0.145. The molecule has 1 aromatic heterocycles. The van der Waals surface area contributed by atoms with Crippen LogP contribution in [0.5, 0.6) is 0 Å². The summed E-state index contributed by atoms with van der Waals surface area (Å²) in [6.07, 6.45) is 0.700. The maximum Gasteiger partial charge on any atom is 0.306 e. The first kappa shape index (κ1) is 44.8. The molecule has 3 aromatic rings. The minimum absolute atomic E-state index is 0.0843. The van der Waals surface area contributed by atoms with Gasteiger partial charge in [0.25, 0.3) is 0 Å². The van der Waals surface area contributed by atoms with Crippen molar-refractivity contribution in [2.75, 3.05) is 90.7 Å². The second-order valence-electron chi connectivity index (χ2n) is 12.0. The number of anilines is 1. The van der Waals surface area contributed by atoms with Gasteiger partial charge in [-0.2, -0.15) is 10.5 Å². The number of ether oxygens (including phenoxy) is 7. The van der Waals surface area contributed by atoms with Crippen LogP contribution in [-0.2, 0) is 49.4 Å². The van der Waals surface area contributed by atoms with E-state index < -0.39 is 5.97 Å². The van der Waals surface area contributed by atoms with Crippen molar-refractivity contribution in [2.45, 2.75) is 46.3 Å². The van der Waals surface area contributed by atoms with Gasteiger partial charge in [-0.1, -0.05) is 30.3 Å². The first-order chi connectivity index (χ1) is 26.9. The van der Waals surface area contributed by atoms with Gasteiger partial charge in [0.1, 0.15) is 29.9 Å². The lowest BCUT2D eigenvalue weighted by Crippen LogP contribution is -2.37. The Balaban J connectivity index is 1.40. The standard InChI is InChI=1S/C40H51N5O9S/c1-4-45(34-12-13-37(31(2)25-34)43-44-40-36(26-41)32(3)38(27-42)55-40)28-35(30-52-29-33-9-6-5-7-10-33)53-23-21-50-19-17-48-15-16-49-18-20-51-22-24-54-39(47)11-8-14-46/h5-7,9-10,12-14,25,35H,4,8,11,15-24,28-30H2,1-3H3. The fourth-order valence-electron chi connectivity index (χ4n) is 5.05. The molecular weight excluding hydrogens is 727 g/mol. The molecule has 0 saturated heterocycles. The summed E-state index contributed by atoms with van der Waals surface area (Å²) in [6, 6.07) is 20.2. The maximum absolute atomic E-state index is 11.3. The highest BCUT2D eigenvalue weighted by atomic mass is 32.1. The van der Waals surface area contributed by atoms with E-state index >= 15 is 0 Å². The number of thiophene rings is 1. The first-order valence-corrected chi connectivity index (χ1v) is 19.1. The van der Waals surface area contributed by atoms with Crippen LogP contribution in [0.2, 0.25) is 0 Å². The average molecular weight is 778 g/mol. The number of likely N-dealkylation sites (N-methyl/N-ethyl adjacent to an activating group) is 1. The predicted octanol–water partition coefficient (Wildman–Crippen LogP) is 6.54. The Hall–Kier alpha value is -4.58. The largest absolute Gasteiger partial charge is 0.463 e. The molecule has 0 bridgehead atoms. The van der Waals surface area contributed by atoms with E-state index in [1.54, 1.807) is 6.92 Å². The van der Waals surface area contributed by atoms with Crippen LogP contribution in [0.25, 0.3) is 0 Å². The summed E-state index contributed by atoms with van der Waals surface area (Å²) in [5.74, 6) is -0.412. The van der Waals surface area contributed by atoms with Crippen molar-refractivity contribution in [1.29, 1.82) is 10.5 Å². The molecule has 1 atom stereocenters. The molecule has 14 nitrogen and oxygen atoms in total. The molecule has 0 aliphatic rings. The van der Waals surface area contributed by atoms with Crippen molar-refractivity contribution in [1.82, 2.24) is 0 Å². The van der Waals surface area contributed by atoms with Gasteiger partial charge in [0.2, 0.25) is 0 Å². The Morgan fingerprint density at radius 1 is 0.855 bits per heavy atom. The fraction of sp³-hybridized carbons (Fsp3) is 0.500. The highest BCUT2D eigenvalue weighted by Crippen LogP contribution is 2.36. The van der Waals surface area contributed by atoms with Crippen LogP contribution in [-0.4, -0.2) is 104 Å². The lowest BCUT2D eigenvalue weighted by Gasteiger charge is -2.29. The van der Waals surface area contributed by atoms with E-state index in [2.05, 4.69) is 40.3 Å². The molecule has 0 aliphatic carbocycles. The van der Waals surface area contributed by atoms with Crippen LogP contribution in [0.4, 0.5) is 16.4 Å². The van der Waals surface area contributed by atoms with Gasteiger partial charge in [0.15, 0.2) is 5.00 Å². The van der Waals surface area contributed by atoms with Crippen molar-refractivity contribution in [2.24, 2.45) is 10.2 Å². The monoisotopic (exact) mass is 777 g/mol. The molecule has 0 spiro atoms. The van der Waals surface area contributed by atoms with E-state index in [9.17, 15) is 20.1 Å². The Labute approximate surface area is 327 Å². The van der Waals surface area contributed by atoms with Gasteiger partial charge in [0, 0.05) is 25.2 Å². The smallest absolute Gasteiger partial charge is 0.306 e. The van der Waals surface area contributed by atoms with Crippen LogP contribution >= 0.6 is 11.3 Å². The number of carbonyl (C=O) groups excluding carboxylic acids is 2. The van der Waals surface area contributed by atoms with Gasteiger partial charge in [0.05, 0.1) is 96.5 Å². The second-order valence-corrected chi connectivity index (χ2v) is 13.0. The van der Waals surface area contributed by atoms with Gasteiger partial charge >= 0.3 is 5.97 Å². The number of hydrogen-bond acceptors (Lipinski definition) is 15. The number of carbonyl (C=O) groups is 2. The van der Waals surface area contributed by atoms with Crippen molar-refractivity contribution in [3.63, 3.8) is 0 Å². The molecular formula is C40H51N5O9S. The number of benzene rings is 2. The van der Waals surface area contributed by atoms with Gasteiger partial charge < -0.3 is 42.9 Å². The van der Waals surface area contributed by atoms with E-state index in [1.807, 2.05) is 49.4 Å². The maximum atomic E-state index is 11.3. The van der Waals surface area contributed by atoms with Crippen molar-refractivity contribution < 1.29 is 42.7 Å². The summed E-state index contributed by atoms with van der Waals surface area (Å²) < 4.78 is 39.4. The first-order valence-electron chi connectivity index (χ1n) is 18.2. The summed E-state index contributed by atoms with van der Waals surface area (Å²) in [6.45, 7) is 11.6. The van der Waals surface area contributed by atoms with Crippen molar-refractivity contribution in [3.05, 3.63) is 75.7 Å². The van der Waals surface area contributed by atoms with E-state index in [0.717, 1.165) is 34.7 Å². The SMILES string of the molecule is CCN(CC(COCc1ccccc1)OCCOCCOCCOCCOCCOC(=O)CCC=O)c1ccc(N=Nc2sc(C#N)c(C)c2C#N)c(C)c1. The Morgan fingerprint density at radius 2 is 1.51 bits per heavy atom. The molecule has 0 amide bonds. The summed E-state index contributed by atoms with van der Waals surface area (Å²) in [5.41, 5.74) is 4.68. The molecule has 1 unspecified atom stereocenters. The van der Waals surface area contributed by atoms with Crippen LogP contribution in [0.15, 0.2) is 58.8 Å². The third-order valence-electron chi connectivity index (χ3n) is 8.01. The molecule has 55 heavy (non-hydrogen) atoms. The van der Waals surface area contributed by atoms with E-state index in [1.165, 1.54) is 0 Å². The Morgan fingerprint density at radius 3 is 2.11 bits per heavy atom. The number of esters is 1. The van der Waals surface area contributed by atoms with E-state index in [-0.39, 0.29) is 32.2 Å². The number of aldehydes is 1. The number of nitrogens with zero attached hydrogens (tertiary/aromatic N) is 5. The highest BCUT2D eigenvalue weighted by molar-refractivity contribution is 7.16. The Kier molecular flexibility index (Phi) is 22.1. The molecule has 296 valence electrons. The fourth-order valence-corrected chi connectivity index (χ4v) is 5.93. The molecule has 2 aromatic carbocycles. The third-order valence-corrected chi connectivity index (χ3v) is 9.09. The Bertz CT molecular complexity index is 1690. The van der Waals surface area contributed by atoms with Crippen LogP contribution in [0.1, 0.15) is 46.9 Å². The molecule has 3 rings (SSSR count). The van der Waals surface area contributed by atoms with Crippen LogP contribution < -0.4 is 4.90 Å². The molecule has 1 heterocycles. The second kappa shape index (κ2) is 27.1. The van der Waals surface area contributed by atoms with Gasteiger partial charge in [-0.05, 0) is 55.7 Å². The summed E-state index contributed by atoms with van der Waals surface area (Å²) in [5, 5.41) is 28.0. The summed E-state index contributed by atoms with van der Waals surface area (Å²) in [4.78, 5) is 24.2. The van der Waals surface area contributed by atoms with Crippen LogP contribution in [0, 0.1) is 36.5 Å². The van der Waals surface area contributed by atoms with Gasteiger partial charge in [-0.3, -0.25) is 4.79 Å². The van der Waals surface area contributed by atoms with Crippen LogP contribution in [0.3, 0.4) is 0 Å². The zero-order valence-electron chi connectivity index (χ0n) is 31.9. The van der Waals surface area contributed by atoms with Gasteiger partial charge in [-0.25, -0.2) is 0 Å². The quantitative estimate of drug-likeness (QED) is 0.0323. The average Bonchev–Trinajstić information content (AvgIpc) is 3.51. The molecule has 0 radical (unpaired) electrons. The molecule has 15 heteroatoms. The van der Waals surface area contributed by atoms with Crippen molar-refractivity contribution >= 4 is 40.0 Å². The summed E-state index contributed by atoms with van der Waals surface area (Å²) in [7, 11) is 0. The number of hydrogen-bond donors (Lipinski definition) is 0. The topological polar surface area (TPSA) is 174 Å². The third kappa shape index (κ3) is 17.2. The molecule has 0 fully saturated rings. The van der Waals surface area contributed by atoms with Crippen molar-refractivity contribution in [3.8, 4) is 12.1 Å². The zero-order valence-corrected chi connectivity index (χ0v) is 32.7. The molecule has 0 saturated carbocycles. The number of rotatable bonds is 29. The molecule has 0 aliphatic heterocycles. The zero-order chi connectivity index (χ0) is 39.5. The highest BCUT2D eigenvalue weighted by Gasteiger charge is 2.17.